The van der Waals surface area contributed by atoms with Crippen molar-refractivity contribution in [3.8, 4) is 11.3 Å². The molecule has 0 saturated heterocycles. The number of imidazole rings is 1. The number of nitrogens with one attached hydrogen (secondary N) is 4. The number of H-pyrrole nitrogens is 1. The van der Waals surface area contributed by atoms with Crippen LogP contribution in [0.5, 0.6) is 0 Å². The number of ether oxygens (including phenoxy) is 1. The highest BCUT2D eigenvalue weighted by Gasteiger charge is 2.22. The molecule has 0 aliphatic rings. The van der Waals surface area contributed by atoms with Gasteiger partial charge in [0.15, 0.2) is 0 Å². The summed E-state index contributed by atoms with van der Waals surface area (Å²) in [7, 11) is 1.30. The van der Waals surface area contributed by atoms with Crippen LogP contribution in [-0.2, 0) is 23.5 Å². The van der Waals surface area contributed by atoms with Gasteiger partial charge in [-0.2, -0.15) is 0 Å². The van der Waals surface area contributed by atoms with Gasteiger partial charge in [-0.1, -0.05) is 96.0 Å². The number of methoxy groups -OCH3 is 1. The molecule has 1 atom stereocenters. The van der Waals surface area contributed by atoms with E-state index in [2.05, 4.69) is 37.8 Å². The third-order valence-electron chi connectivity index (χ3n) is 6.89. The number of carbonyl (C=O) groups is 2. The summed E-state index contributed by atoms with van der Waals surface area (Å²) in [4.78, 5) is 33.8. The van der Waals surface area contributed by atoms with Gasteiger partial charge >= 0.3 is 12.1 Å². The number of nitrogens with zero attached hydrogens (tertiary/aromatic N) is 1. The monoisotopic (exact) mass is 659 g/mol. The lowest BCUT2D eigenvalue weighted by molar-refractivity contribution is 0.187. The first kappa shape index (κ1) is 32.0. The summed E-state index contributed by atoms with van der Waals surface area (Å²) in [5.41, 5.74) is 4.98. The molecule has 45 heavy (non-hydrogen) atoms. The molecule has 0 spiro atoms. The fourth-order valence-electron chi connectivity index (χ4n) is 4.62. The minimum atomic E-state index is -0.562. The molecule has 230 valence electrons. The summed E-state index contributed by atoms with van der Waals surface area (Å²) < 4.78 is 4.64. The van der Waals surface area contributed by atoms with E-state index in [1.165, 1.54) is 12.7 Å². The second-order valence-corrected chi connectivity index (χ2v) is 11.9. The number of rotatable bonds is 11. The van der Waals surface area contributed by atoms with Gasteiger partial charge in [0, 0.05) is 33.5 Å². The highest BCUT2D eigenvalue weighted by Crippen LogP contribution is 2.30. The van der Waals surface area contributed by atoms with E-state index in [0.717, 1.165) is 27.3 Å². The van der Waals surface area contributed by atoms with Gasteiger partial charge in [0.25, 0.3) is 0 Å². The molecule has 0 fully saturated rings. The van der Waals surface area contributed by atoms with Crippen LogP contribution in [0.25, 0.3) is 11.3 Å². The molecule has 1 aromatic heterocycles. The standard InChI is InChI=1S/C34H31Cl2N5O3S/c1-44-34(43)38-27-15-12-24(13-16-27)30-31(36)41-32(40-30)28(18-22-8-4-2-5-9-22)39-33(42)37-20-25-19-26(35)14-17-29(25)45-21-23-10-6-3-7-11-23/h2-17,19,28H,18,20-21H2,1H3,(H,38,43)(H,40,41)(H2,37,39,42)/t28-/m0/s1. The maximum Gasteiger partial charge on any atom is 0.411 e. The van der Waals surface area contributed by atoms with Gasteiger partial charge < -0.3 is 20.4 Å². The number of carbonyl (C=O) groups excluding carboxylic acids is 2. The van der Waals surface area contributed by atoms with Crippen LogP contribution < -0.4 is 16.0 Å². The molecule has 0 bridgehead atoms. The van der Waals surface area contributed by atoms with E-state index in [4.69, 9.17) is 28.2 Å². The summed E-state index contributed by atoms with van der Waals surface area (Å²) in [6.07, 6.45) is -0.0806. The number of halogens is 2. The molecular weight excluding hydrogens is 629 g/mol. The summed E-state index contributed by atoms with van der Waals surface area (Å²) in [5, 5.41) is 9.61. The Morgan fingerprint density at radius 1 is 0.911 bits per heavy atom. The van der Waals surface area contributed by atoms with E-state index in [1.807, 2.05) is 66.7 Å². The predicted octanol–water partition coefficient (Wildman–Crippen LogP) is 8.64. The van der Waals surface area contributed by atoms with Gasteiger partial charge in [-0.05, 0) is 53.4 Å². The first-order valence-electron chi connectivity index (χ1n) is 14.1. The first-order valence-corrected chi connectivity index (χ1v) is 15.9. The third kappa shape index (κ3) is 9.04. The number of urea groups is 1. The van der Waals surface area contributed by atoms with Crippen molar-refractivity contribution in [1.29, 1.82) is 0 Å². The Labute approximate surface area is 275 Å². The molecule has 5 aromatic rings. The van der Waals surface area contributed by atoms with Crippen LogP contribution in [0, 0.1) is 0 Å². The van der Waals surface area contributed by atoms with E-state index in [9.17, 15) is 9.59 Å². The molecule has 0 aliphatic carbocycles. The van der Waals surface area contributed by atoms with Crippen LogP contribution in [-0.4, -0.2) is 29.2 Å². The average Bonchev–Trinajstić information content (AvgIpc) is 3.45. The largest absolute Gasteiger partial charge is 0.453 e. The first-order chi connectivity index (χ1) is 21.9. The lowest BCUT2D eigenvalue weighted by Crippen LogP contribution is -2.38. The number of amides is 3. The van der Waals surface area contributed by atoms with Crippen molar-refractivity contribution in [3.05, 3.63) is 136 Å². The van der Waals surface area contributed by atoms with Gasteiger partial charge in [0.1, 0.15) is 16.7 Å². The fourth-order valence-corrected chi connectivity index (χ4v) is 6.06. The average molecular weight is 661 g/mol. The van der Waals surface area contributed by atoms with Crippen molar-refractivity contribution in [1.82, 2.24) is 20.6 Å². The smallest absolute Gasteiger partial charge is 0.411 e. The van der Waals surface area contributed by atoms with Gasteiger partial charge in [-0.25, -0.2) is 14.6 Å². The topological polar surface area (TPSA) is 108 Å². The highest BCUT2D eigenvalue weighted by atomic mass is 35.5. The molecular formula is C34H31Cl2N5O3S. The van der Waals surface area contributed by atoms with E-state index >= 15 is 0 Å². The summed E-state index contributed by atoms with van der Waals surface area (Å²) in [6.45, 7) is 0.289. The van der Waals surface area contributed by atoms with Crippen molar-refractivity contribution < 1.29 is 14.3 Å². The minimum Gasteiger partial charge on any atom is -0.453 e. The maximum atomic E-state index is 13.3. The van der Waals surface area contributed by atoms with E-state index in [-0.39, 0.29) is 12.6 Å². The van der Waals surface area contributed by atoms with Gasteiger partial charge in [0.2, 0.25) is 0 Å². The fraction of sp³-hybridized carbons (Fsp3) is 0.147. The molecule has 3 amide bonds. The van der Waals surface area contributed by atoms with Gasteiger partial charge in [0.05, 0.1) is 13.2 Å². The number of benzene rings is 4. The molecule has 11 heteroatoms. The SMILES string of the molecule is COC(=O)Nc1ccc(-c2nc([C@H](Cc3ccccc3)NC(=O)NCc3cc(Cl)ccc3SCc3ccccc3)[nH]c2Cl)cc1. The number of hydrogen-bond donors (Lipinski definition) is 4. The highest BCUT2D eigenvalue weighted by molar-refractivity contribution is 7.98. The van der Waals surface area contributed by atoms with Gasteiger partial charge in [-0.3, -0.25) is 5.32 Å². The van der Waals surface area contributed by atoms with Crippen LogP contribution in [0.3, 0.4) is 0 Å². The summed E-state index contributed by atoms with van der Waals surface area (Å²) >= 11 is 14.6. The summed E-state index contributed by atoms with van der Waals surface area (Å²) in [6, 6.07) is 31.9. The molecule has 0 saturated carbocycles. The number of aromatic amines is 1. The Morgan fingerprint density at radius 2 is 1.60 bits per heavy atom. The Hall–Kier alpha value is -4.44. The number of thioether (sulfide) groups is 1. The van der Waals surface area contributed by atoms with E-state index < -0.39 is 12.1 Å². The Balaban J connectivity index is 1.30. The van der Waals surface area contributed by atoms with Crippen LogP contribution in [0.15, 0.2) is 108 Å². The second kappa shape index (κ2) is 15.5. The van der Waals surface area contributed by atoms with E-state index in [0.29, 0.717) is 33.8 Å². The minimum absolute atomic E-state index is 0.289. The number of hydrogen-bond acceptors (Lipinski definition) is 5. The molecule has 4 aromatic carbocycles. The van der Waals surface area contributed by atoms with Gasteiger partial charge in [-0.15, -0.1) is 11.8 Å². The molecule has 8 nitrogen and oxygen atoms in total. The van der Waals surface area contributed by atoms with Crippen molar-refractivity contribution >= 4 is 52.8 Å². The summed E-state index contributed by atoms with van der Waals surface area (Å²) in [5.74, 6) is 1.31. The van der Waals surface area contributed by atoms with Crippen LogP contribution in [0.2, 0.25) is 10.2 Å². The maximum absolute atomic E-state index is 13.3. The quantitative estimate of drug-likeness (QED) is 0.106. The molecule has 1 heterocycles. The Bertz CT molecular complexity index is 1730. The lowest BCUT2D eigenvalue weighted by Gasteiger charge is -2.18. The van der Waals surface area contributed by atoms with Crippen molar-refractivity contribution in [3.63, 3.8) is 0 Å². The zero-order valence-electron chi connectivity index (χ0n) is 24.3. The van der Waals surface area contributed by atoms with Crippen molar-refractivity contribution in [2.75, 3.05) is 12.4 Å². The van der Waals surface area contributed by atoms with Crippen molar-refractivity contribution in [2.24, 2.45) is 0 Å². The molecule has 0 aliphatic heterocycles. The zero-order valence-corrected chi connectivity index (χ0v) is 26.7. The lowest BCUT2D eigenvalue weighted by atomic mass is 10.1. The van der Waals surface area contributed by atoms with Crippen LogP contribution >= 0.6 is 35.0 Å². The van der Waals surface area contributed by atoms with E-state index in [1.54, 1.807) is 36.0 Å². The Kier molecular flexibility index (Phi) is 11.0. The predicted molar refractivity (Wildman–Crippen MR) is 181 cm³/mol. The van der Waals surface area contributed by atoms with Crippen LogP contribution in [0.4, 0.5) is 15.3 Å². The zero-order chi connectivity index (χ0) is 31.6. The van der Waals surface area contributed by atoms with Crippen LogP contribution in [0.1, 0.15) is 28.6 Å². The molecule has 4 N–H and O–H groups in total. The molecule has 0 unspecified atom stereocenters. The number of aromatic nitrogens is 2. The second-order valence-electron chi connectivity index (χ2n) is 10.1. The molecule has 5 rings (SSSR count). The number of anilines is 1. The Morgan fingerprint density at radius 3 is 2.29 bits per heavy atom. The van der Waals surface area contributed by atoms with Crippen molar-refractivity contribution in [2.45, 2.75) is 29.7 Å². The normalized spacial score (nSPS) is 11.4. The molecule has 0 radical (unpaired) electrons. The third-order valence-corrected chi connectivity index (χ3v) is 8.58.